The Kier molecular flexibility index (Phi) is 3.42. The molecular weight excluding hydrogens is 219 g/mol. The van der Waals surface area contributed by atoms with E-state index < -0.39 is 17.3 Å². The van der Waals surface area contributed by atoms with Crippen LogP contribution in [0.25, 0.3) is 0 Å². The van der Waals surface area contributed by atoms with Crippen molar-refractivity contribution < 1.29 is 13.2 Å². The van der Waals surface area contributed by atoms with Crippen LogP contribution >= 0.6 is 0 Å². The van der Waals surface area contributed by atoms with Crippen LogP contribution < -0.4 is 11.1 Å². The van der Waals surface area contributed by atoms with Crippen molar-refractivity contribution in [3.05, 3.63) is 23.9 Å². The lowest BCUT2D eigenvalue weighted by Gasteiger charge is -2.19. The molecule has 1 aromatic rings. The second kappa shape index (κ2) is 4.29. The van der Waals surface area contributed by atoms with E-state index in [1.165, 1.54) is 0 Å². The number of nitrogens with one attached hydrogen (secondary N) is 1. The number of hydrogen-bond acceptors (Lipinski definition) is 3. The van der Waals surface area contributed by atoms with Crippen LogP contribution in [0.15, 0.2) is 18.3 Å². The minimum Gasteiger partial charge on any atom is -0.368 e. The van der Waals surface area contributed by atoms with E-state index in [-0.39, 0.29) is 5.82 Å². The van der Waals surface area contributed by atoms with Crippen molar-refractivity contribution in [3.63, 3.8) is 0 Å². The Morgan fingerprint density at radius 3 is 2.50 bits per heavy atom. The van der Waals surface area contributed by atoms with Gasteiger partial charge in [-0.3, -0.25) is 0 Å². The van der Waals surface area contributed by atoms with E-state index in [1.54, 1.807) is 13.8 Å². The van der Waals surface area contributed by atoms with Gasteiger partial charge in [0.1, 0.15) is 5.82 Å². The van der Waals surface area contributed by atoms with E-state index in [1.807, 2.05) is 0 Å². The Balaban J connectivity index is 2.76. The normalized spacial score (nSPS) is 12.6. The molecule has 1 heterocycles. The van der Waals surface area contributed by atoms with Gasteiger partial charge in [0.2, 0.25) is 0 Å². The van der Waals surface area contributed by atoms with E-state index in [0.717, 1.165) is 18.3 Å². The van der Waals surface area contributed by atoms with Crippen molar-refractivity contribution in [1.29, 1.82) is 0 Å². The van der Waals surface area contributed by atoms with Crippen LogP contribution in [0.4, 0.5) is 19.0 Å². The van der Waals surface area contributed by atoms with Gasteiger partial charge in [-0.1, -0.05) is 0 Å². The maximum Gasteiger partial charge on any atom is 0.416 e. The van der Waals surface area contributed by atoms with Crippen molar-refractivity contribution in [2.45, 2.75) is 25.6 Å². The largest absolute Gasteiger partial charge is 0.416 e. The van der Waals surface area contributed by atoms with E-state index >= 15 is 0 Å². The third kappa shape index (κ3) is 4.06. The number of hydrogen-bond donors (Lipinski definition) is 2. The van der Waals surface area contributed by atoms with Crippen LogP contribution in [0.5, 0.6) is 0 Å². The summed E-state index contributed by atoms with van der Waals surface area (Å²) < 4.78 is 37.1. The smallest absolute Gasteiger partial charge is 0.368 e. The molecule has 0 amide bonds. The summed E-state index contributed by atoms with van der Waals surface area (Å²) in [4.78, 5) is 3.79. The van der Waals surface area contributed by atoms with E-state index in [9.17, 15) is 13.2 Å². The first-order valence-electron chi connectivity index (χ1n) is 4.74. The molecule has 0 aliphatic heterocycles. The van der Waals surface area contributed by atoms with Gasteiger partial charge in [0, 0.05) is 18.3 Å². The lowest BCUT2D eigenvalue weighted by Crippen LogP contribution is -2.39. The zero-order valence-corrected chi connectivity index (χ0v) is 9.10. The summed E-state index contributed by atoms with van der Waals surface area (Å²) in [6.45, 7) is 3.89. The number of halogens is 3. The molecule has 3 nitrogen and oxygen atoms in total. The van der Waals surface area contributed by atoms with E-state index in [0.29, 0.717) is 6.54 Å². The van der Waals surface area contributed by atoms with Gasteiger partial charge in [-0.25, -0.2) is 4.98 Å². The molecule has 0 saturated heterocycles. The number of rotatable bonds is 3. The van der Waals surface area contributed by atoms with Crippen LogP contribution in [0.3, 0.4) is 0 Å². The second-order valence-electron chi connectivity index (χ2n) is 4.27. The Labute approximate surface area is 91.9 Å². The summed E-state index contributed by atoms with van der Waals surface area (Å²) in [5.74, 6) is 0.174. The number of pyridine rings is 1. The van der Waals surface area contributed by atoms with Crippen LogP contribution in [0, 0.1) is 0 Å². The van der Waals surface area contributed by atoms with E-state index in [4.69, 9.17) is 5.73 Å². The Morgan fingerprint density at radius 2 is 2.00 bits per heavy atom. The van der Waals surface area contributed by atoms with Gasteiger partial charge in [-0.15, -0.1) is 0 Å². The summed E-state index contributed by atoms with van der Waals surface area (Å²) >= 11 is 0. The molecule has 0 aliphatic rings. The second-order valence-corrected chi connectivity index (χ2v) is 4.27. The minimum atomic E-state index is -4.35. The average Bonchev–Trinajstić information content (AvgIpc) is 2.13. The topological polar surface area (TPSA) is 50.9 Å². The molecule has 3 N–H and O–H groups in total. The summed E-state index contributed by atoms with van der Waals surface area (Å²) in [6, 6.07) is 1.89. The fraction of sp³-hybridized carbons (Fsp3) is 0.500. The SMILES string of the molecule is CC(C)(N)CNc1cc(C(F)(F)F)ccn1. The lowest BCUT2D eigenvalue weighted by molar-refractivity contribution is -0.137. The van der Waals surface area contributed by atoms with Gasteiger partial charge in [-0.2, -0.15) is 13.2 Å². The number of alkyl halides is 3. The first kappa shape index (κ1) is 12.8. The monoisotopic (exact) mass is 233 g/mol. The van der Waals surface area contributed by atoms with Crippen LogP contribution in [-0.4, -0.2) is 17.1 Å². The first-order valence-corrected chi connectivity index (χ1v) is 4.74. The van der Waals surface area contributed by atoms with Gasteiger partial charge in [-0.05, 0) is 26.0 Å². The molecule has 90 valence electrons. The Bertz CT molecular complexity index is 355. The molecule has 1 rings (SSSR count). The van der Waals surface area contributed by atoms with Crippen molar-refractivity contribution in [3.8, 4) is 0 Å². The molecule has 0 aromatic carbocycles. The van der Waals surface area contributed by atoms with Crippen LogP contribution in [0.1, 0.15) is 19.4 Å². The first-order chi connectivity index (χ1) is 7.18. The standard InChI is InChI=1S/C10H14F3N3/c1-9(2,14)6-16-8-5-7(3-4-15-8)10(11,12)13/h3-5H,6,14H2,1-2H3,(H,15,16). The molecule has 1 aromatic heterocycles. The van der Waals surface area contributed by atoms with Crippen molar-refractivity contribution >= 4 is 5.82 Å². The lowest BCUT2D eigenvalue weighted by atomic mass is 10.1. The summed E-state index contributed by atoms with van der Waals surface area (Å²) in [7, 11) is 0. The predicted octanol–water partition coefficient (Wildman–Crippen LogP) is 2.25. The fourth-order valence-corrected chi connectivity index (χ4v) is 1.02. The Morgan fingerprint density at radius 1 is 1.38 bits per heavy atom. The highest BCUT2D eigenvalue weighted by Gasteiger charge is 2.30. The number of aromatic nitrogens is 1. The highest BCUT2D eigenvalue weighted by Crippen LogP contribution is 2.29. The van der Waals surface area contributed by atoms with Crippen LogP contribution in [0.2, 0.25) is 0 Å². The van der Waals surface area contributed by atoms with Crippen molar-refractivity contribution in [1.82, 2.24) is 4.98 Å². The number of nitrogens with two attached hydrogens (primary N) is 1. The molecule has 0 spiro atoms. The third-order valence-electron chi connectivity index (χ3n) is 1.81. The molecule has 0 unspecified atom stereocenters. The maximum atomic E-state index is 12.4. The molecule has 0 bridgehead atoms. The molecule has 16 heavy (non-hydrogen) atoms. The quantitative estimate of drug-likeness (QED) is 0.841. The molecule has 0 atom stereocenters. The highest BCUT2D eigenvalue weighted by molar-refractivity contribution is 5.38. The van der Waals surface area contributed by atoms with Gasteiger partial charge < -0.3 is 11.1 Å². The number of anilines is 1. The summed E-state index contributed by atoms with van der Waals surface area (Å²) in [5, 5.41) is 2.76. The molecule has 0 radical (unpaired) electrons. The molecule has 0 aliphatic carbocycles. The molecule has 0 saturated carbocycles. The fourth-order valence-electron chi connectivity index (χ4n) is 1.02. The maximum absolute atomic E-state index is 12.4. The summed E-state index contributed by atoms with van der Waals surface area (Å²) in [6.07, 6.45) is -3.23. The average molecular weight is 233 g/mol. The summed E-state index contributed by atoms with van der Waals surface area (Å²) in [5.41, 5.74) is 4.47. The third-order valence-corrected chi connectivity index (χ3v) is 1.81. The van der Waals surface area contributed by atoms with Crippen LogP contribution in [-0.2, 0) is 6.18 Å². The zero-order chi connectivity index (χ0) is 12.4. The van der Waals surface area contributed by atoms with Gasteiger partial charge >= 0.3 is 6.18 Å². The van der Waals surface area contributed by atoms with Crippen molar-refractivity contribution in [2.75, 3.05) is 11.9 Å². The molecule has 0 fully saturated rings. The van der Waals surface area contributed by atoms with E-state index in [2.05, 4.69) is 10.3 Å². The predicted molar refractivity (Wildman–Crippen MR) is 56.0 cm³/mol. The minimum absolute atomic E-state index is 0.174. The molecule has 6 heteroatoms. The van der Waals surface area contributed by atoms with Gasteiger partial charge in [0.05, 0.1) is 5.56 Å². The van der Waals surface area contributed by atoms with Gasteiger partial charge in [0.15, 0.2) is 0 Å². The number of nitrogens with zero attached hydrogens (tertiary/aromatic N) is 1. The zero-order valence-electron chi connectivity index (χ0n) is 9.10. The Hall–Kier alpha value is -1.30. The molecular formula is C10H14F3N3. The van der Waals surface area contributed by atoms with Crippen molar-refractivity contribution in [2.24, 2.45) is 5.73 Å². The highest BCUT2D eigenvalue weighted by atomic mass is 19.4. The van der Waals surface area contributed by atoms with Gasteiger partial charge in [0.25, 0.3) is 0 Å².